The Morgan fingerprint density at radius 3 is 2.86 bits per heavy atom. The van der Waals surface area contributed by atoms with Crippen molar-refractivity contribution in [2.45, 2.75) is 26.7 Å². The Hall–Kier alpha value is -1.66. The van der Waals surface area contributed by atoms with Gasteiger partial charge in [-0.15, -0.1) is 10.2 Å². The molecule has 1 amide bonds. The molecule has 0 bridgehead atoms. The zero-order chi connectivity index (χ0) is 16.1. The van der Waals surface area contributed by atoms with E-state index in [2.05, 4.69) is 29.4 Å². The van der Waals surface area contributed by atoms with E-state index in [9.17, 15) is 4.79 Å². The second-order valence-electron chi connectivity index (χ2n) is 5.28. The third-order valence-electron chi connectivity index (χ3n) is 2.89. The first-order valence-corrected chi connectivity index (χ1v) is 8.12. The molecule has 5 nitrogen and oxygen atoms in total. The topological polar surface area (TPSA) is 64.1 Å². The van der Waals surface area contributed by atoms with Gasteiger partial charge in [0.25, 0.3) is 0 Å². The van der Waals surface area contributed by atoms with Gasteiger partial charge in [0.2, 0.25) is 11.0 Å². The molecule has 1 heterocycles. The Morgan fingerprint density at radius 2 is 2.18 bits per heavy atom. The first-order chi connectivity index (χ1) is 10.5. The minimum Gasteiger partial charge on any atom is -0.496 e. The van der Waals surface area contributed by atoms with Crippen molar-refractivity contribution < 1.29 is 9.53 Å². The summed E-state index contributed by atoms with van der Waals surface area (Å²) in [6, 6.07) is 5.20. The van der Waals surface area contributed by atoms with Crippen molar-refractivity contribution >= 4 is 34.0 Å². The summed E-state index contributed by atoms with van der Waals surface area (Å²) in [6.07, 6.45) is 1.03. The largest absolute Gasteiger partial charge is 0.496 e. The molecule has 0 saturated carbocycles. The van der Waals surface area contributed by atoms with Crippen LogP contribution < -0.4 is 10.1 Å². The molecule has 0 unspecified atom stereocenters. The number of carbonyl (C=O) groups is 1. The lowest BCUT2D eigenvalue weighted by atomic mass is 10.1. The number of aromatic nitrogens is 2. The van der Waals surface area contributed by atoms with Crippen molar-refractivity contribution in [2.24, 2.45) is 5.92 Å². The van der Waals surface area contributed by atoms with Gasteiger partial charge in [-0.2, -0.15) is 0 Å². The third-order valence-corrected chi connectivity index (χ3v) is 3.99. The number of hydrogen-bond acceptors (Lipinski definition) is 5. The quantitative estimate of drug-likeness (QED) is 0.873. The molecule has 1 N–H and O–H groups in total. The molecule has 0 atom stereocenters. The number of ether oxygens (including phenoxy) is 1. The van der Waals surface area contributed by atoms with Gasteiger partial charge >= 0.3 is 0 Å². The Bertz CT molecular complexity index is 658. The van der Waals surface area contributed by atoms with Crippen LogP contribution in [0.3, 0.4) is 0 Å². The van der Waals surface area contributed by atoms with Gasteiger partial charge in [-0.3, -0.25) is 4.79 Å². The molecule has 1 aromatic heterocycles. The van der Waals surface area contributed by atoms with Crippen LogP contribution in [0.4, 0.5) is 5.13 Å². The van der Waals surface area contributed by atoms with Crippen LogP contribution in [-0.2, 0) is 17.6 Å². The van der Waals surface area contributed by atoms with Gasteiger partial charge in [0.1, 0.15) is 10.8 Å². The summed E-state index contributed by atoms with van der Waals surface area (Å²) in [4.78, 5) is 12.1. The van der Waals surface area contributed by atoms with Crippen molar-refractivity contribution in [3.63, 3.8) is 0 Å². The molecular weight excluding hydrogens is 322 g/mol. The number of nitrogens with zero attached hydrogens (tertiary/aromatic N) is 2. The van der Waals surface area contributed by atoms with Crippen molar-refractivity contribution in [1.82, 2.24) is 10.2 Å². The molecule has 0 saturated heterocycles. The van der Waals surface area contributed by atoms with Gasteiger partial charge in [-0.1, -0.05) is 36.8 Å². The van der Waals surface area contributed by atoms with Crippen molar-refractivity contribution in [1.29, 1.82) is 0 Å². The maximum absolute atomic E-state index is 12.1. The minimum atomic E-state index is -0.173. The molecule has 118 valence electrons. The molecule has 2 rings (SSSR count). The fourth-order valence-electron chi connectivity index (χ4n) is 1.96. The zero-order valence-corrected chi connectivity index (χ0v) is 14.3. The summed E-state index contributed by atoms with van der Waals surface area (Å²) in [6.45, 7) is 4.23. The number of rotatable bonds is 6. The minimum absolute atomic E-state index is 0.169. The monoisotopic (exact) mass is 339 g/mol. The molecule has 0 aliphatic heterocycles. The maximum Gasteiger partial charge on any atom is 0.230 e. The number of amides is 1. The summed E-state index contributed by atoms with van der Waals surface area (Å²) >= 11 is 7.36. The van der Waals surface area contributed by atoms with Gasteiger partial charge < -0.3 is 10.1 Å². The van der Waals surface area contributed by atoms with E-state index >= 15 is 0 Å². The molecule has 0 fully saturated rings. The van der Waals surface area contributed by atoms with Crippen LogP contribution in [0.1, 0.15) is 24.4 Å². The zero-order valence-electron chi connectivity index (χ0n) is 12.7. The molecule has 0 radical (unpaired) electrons. The highest BCUT2D eigenvalue weighted by Crippen LogP contribution is 2.24. The van der Waals surface area contributed by atoms with E-state index in [0.29, 0.717) is 21.8 Å². The van der Waals surface area contributed by atoms with Gasteiger partial charge in [0.15, 0.2) is 0 Å². The summed E-state index contributed by atoms with van der Waals surface area (Å²) < 4.78 is 5.24. The van der Waals surface area contributed by atoms with E-state index < -0.39 is 0 Å². The predicted octanol–water partition coefficient (Wildman–Crippen LogP) is 3.58. The molecule has 0 aliphatic rings. The van der Waals surface area contributed by atoms with Crippen molar-refractivity contribution in [3.05, 3.63) is 33.8 Å². The average molecular weight is 340 g/mol. The number of benzene rings is 1. The number of methoxy groups -OCH3 is 1. The number of hydrogen-bond donors (Lipinski definition) is 1. The van der Waals surface area contributed by atoms with Crippen LogP contribution in [0.2, 0.25) is 5.02 Å². The third kappa shape index (κ3) is 4.68. The SMILES string of the molecule is COc1ccc(Cl)cc1CC(=O)Nc1nnc(CC(C)C)s1. The lowest BCUT2D eigenvalue weighted by Crippen LogP contribution is -2.14. The highest BCUT2D eigenvalue weighted by atomic mass is 35.5. The molecule has 22 heavy (non-hydrogen) atoms. The Balaban J connectivity index is 2.01. The van der Waals surface area contributed by atoms with Crippen molar-refractivity contribution in [3.8, 4) is 5.75 Å². The second-order valence-corrected chi connectivity index (χ2v) is 6.78. The molecular formula is C15H18ClN3O2S. The predicted molar refractivity (Wildman–Crippen MR) is 88.8 cm³/mol. The van der Waals surface area contributed by atoms with Crippen LogP contribution in [0.5, 0.6) is 5.75 Å². The Labute approximate surface area is 138 Å². The van der Waals surface area contributed by atoms with E-state index in [1.807, 2.05) is 0 Å². The van der Waals surface area contributed by atoms with Crippen LogP contribution in [0.25, 0.3) is 0 Å². The first kappa shape index (κ1) is 16.7. The molecule has 2 aromatic rings. The summed E-state index contributed by atoms with van der Waals surface area (Å²) in [5.41, 5.74) is 0.736. The standard InChI is InChI=1S/C15H18ClN3O2S/c1-9(2)6-14-18-19-15(22-14)17-13(20)8-10-7-11(16)4-5-12(10)21-3/h4-5,7,9H,6,8H2,1-3H3,(H,17,19,20). The van der Waals surface area contributed by atoms with E-state index in [1.165, 1.54) is 11.3 Å². The normalized spacial score (nSPS) is 10.8. The van der Waals surface area contributed by atoms with E-state index in [0.717, 1.165) is 17.0 Å². The highest BCUT2D eigenvalue weighted by molar-refractivity contribution is 7.15. The summed E-state index contributed by atoms with van der Waals surface area (Å²) in [5, 5.41) is 12.8. The number of halogens is 1. The van der Waals surface area contributed by atoms with E-state index in [1.54, 1.807) is 25.3 Å². The Kier molecular flexibility index (Phi) is 5.74. The Morgan fingerprint density at radius 1 is 1.41 bits per heavy atom. The lowest BCUT2D eigenvalue weighted by molar-refractivity contribution is -0.115. The van der Waals surface area contributed by atoms with Gasteiger partial charge in [-0.25, -0.2) is 0 Å². The molecule has 1 aromatic carbocycles. The maximum atomic E-state index is 12.1. The number of carbonyl (C=O) groups excluding carboxylic acids is 1. The number of nitrogens with one attached hydrogen (secondary N) is 1. The van der Waals surface area contributed by atoms with E-state index in [-0.39, 0.29) is 12.3 Å². The fraction of sp³-hybridized carbons (Fsp3) is 0.400. The molecule has 7 heteroatoms. The lowest BCUT2D eigenvalue weighted by Gasteiger charge is -2.08. The highest BCUT2D eigenvalue weighted by Gasteiger charge is 2.12. The fourth-order valence-corrected chi connectivity index (χ4v) is 3.12. The van der Waals surface area contributed by atoms with Gasteiger partial charge in [0, 0.05) is 17.0 Å². The smallest absolute Gasteiger partial charge is 0.230 e. The average Bonchev–Trinajstić information content (AvgIpc) is 2.85. The molecule has 0 aliphatic carbocycles. The van der Waals surface area contributed by atoms with Crippen LogP contribution in [0.15, 0.2) is 18.2 Å². The number of anilines is 1. The summed E-state index contributed by atoms with van der Waals surface area (Å²) in [5.74, 6) is 0.970. The van der Waals surface area contributed by atoms with Crippen molar-refractivity contribution in [2.75, 3.05) is 12.4 Å². The summed E-state index contributed by atoms with van der Waals surface area (Å²) in [7, 11) is 1.56. The first-order valence-electron chi connectivity index (χ1n) is 6.92. The van der Waals surface area contributed by atoms with Crippen LogP contribution >= 0.6 is 22.9 Å². The molecule has 0 spiro atoms. The van der Waals surface area contributed by atoms with Crippen LogP contribution in [0, 0.1) is 5.92 Å². The second kappa shape index (κ2) is 7.56. The van der Waals surface area contributed by atoms with Gasteiger partial charge in [-0.05, 0) is 24.1 Å². The van der Waals surface area contributed by atoms with Gasteiger partial charge in [0.05, 0.1) is 13.5 Å². The van der Waals surface area contributed by atoms with E-state index in [4.69, 9.17) is 16.3 Å². The van der Waals surface area contributed by atoms with Crippen LogP contribution in [-0.4, -0.2) is 23.2 Å².